The van der Waals surface area contributed by atoms with Crippen LogP contribution in [0.5, 0.6) is 0 Å². The van der Waals surface area contributed by atoms with E-state index in [1.54, 1.807) is 13.0 Å². The minimum Gasteiger partial charge on any atom is -0.361 e. The van der Waals surface area contributed by atoms with Crippen LogP contribution < -0.4 is 5.32 Å². The third kappa shape index (κ3) is 2.80. The van der Waals surface area contributed by atoms with Crippen LogP contribution in [0.4, 0.5) is 0 Å². The van der Waals surface area contributed by atoms with E-state index in [1.807, 2.05) is 0 Å². The largest absolute Gasteiger partial charge is 0.361 e. The predicted octanol–water partition coefficient (Wildman–Crippen LogP) is 2.51. The van der Waals surface area contributed by atoms with E-state index >= 15 is 0 Å². The average Bonchev–Trinajstić information content (AvgIpc) is 2.95. The maximum Gasteiger partial charge on any atom is 0.273 e. The summed E-state index contributed by atoms with van der Waals surface area (Å²) in [5.74, 6) is 1.06. The van der Waals surface area contributed by atoms with Crippen LogP contribution in [0.3, 0.4) is 0 Å². The minimum absolute atomic E-state index is 0.0794. The molecule has 0 saturated heterocycles. The Bertz CT molecular complexity index is 397. The van der Waals surface area contributed by atoms with Gasteiger partial charge in [-0.1, -0.05) is 18.0 Å². The number of carbonyl (C=O) groups excluding carboxylic acids is 1. The second-order valence-electron chi connectivity index (χ2n) is 4.85. The van der Waals surface area contributed by atoms with Gasteiger partial charge in [0.05, 0.1) is 0 Å². The van der Waals surface area contributed by atoms with Gasteiger partial charge in [0.15, 0.2) is 5.69 Å². The molecule has 1 saturated carbocycles. The van der Waals surface area contributed by atoms with Crippen LogP contribution >= 0.6 is 11.6 Å². The molecule has 0 unspecified atom stereocenters. The minimum atomic E-state index is -0.182. The third-order valence-corrected chi connectivity index (χ3v) is 4.00. The van der Waals surface area contributed by atoms with Crippen molar-refractivity contribution in [3.05, 3.63) is 17.5 Å². The van der Waals surface area contributed by atoms with Crippen molar-refractivity contribution in [1.82, 2.24) is 10.5 Å². The van der Waals surface area contributed by atoms with E-state index in [2.05, 4.69) is 10.5 Å². The molecule has 0 atom stereocenters. The number of nitrogens with zero attached hydrogens (tertiary/aromatic N) is 1. The van der Waals surface area contributed by atoms with E-state index < -0.39 is 0 Å². The molecule has 0 bridgehead atoms. The van der Waals surface area contributed by atoms with Crippen LogP contribution in [0, 0.1) is 12.3 Å². The molecule has 4 nitrogen and oxygen atoms in total. The molecule has 2 rings (SSSR count). The van der Waals surface area contributed by atoms with Crippen LogP contribution in [0.15, 0.2) is 10.6 Å². The van der Waals surface area contributed by atoms with Gasteiger partial charge < -0.3 is 9.84 Å². The lowest BCUT2D eigenvalue weighted by Crippen LogP contribution is -2.37. The summed E-state index contributed by atoms with van der Waals surface area (Å²) < 4.78 is 4.87. The molecule has 5 heteroatoms. The number of alkyl halides is 1. The molecule has 1 aliphatic rings. The van der Waals surface area contributed by atoms with Crippen LogP contribution in [0.25, 0.3) is 0 Å². The Labute approximate surface area is 106 Å². The van der Waals surface area contributed by atoms with Crippen LogP contribution in [0.1, 0.15) is 41.9 Å². The zero-order chi connectivity index (χ0) is 12.3. The molecule has 0 radical (unpaired) electrons. The van der Waals surface area contributed by atoms with Crippen LogP contribution in [0.2, 0.25) is 0 Å². The van der Waals surface area contributed by atoms with Gasteiger partial charge in [0.2, 0.25) is 0 Å². The molecule has 1 aromatic rings. The lowest BCUT2D eigenvalue weighted by molar-refractivity contribution is 0.0926. The lowest BCUT2D eigenvalue weighted by Gasteiger charge is -2.26. The van der Waals surface area contributed by atoms with Gasteiger partial charge in [-0.05, 0) is 19.8 Å². The van der Waals surface area contributed by atoms with E-state index in [1.165, 1.54) is 12.8 Å². The Morgan fingerprint density at radius 1 is 1.59 bits per heavy atom. The summed E-state index contributed by atoms with van der Waals surface area (Å²) in [6.45, 7) is 2.39. The fraction of sp³-hybridized carbons (Fsp3) is 0.667. The van der Waals surface area contributed by atoms with Crippen molar-refractivity contribution in [3.8, 4) is 0 Å². The number of carbonyl (C=O) groups is 1. The summed E-state index contributed by atoms with van der Waals surface area (Å²) in [5, 5.41) is 6.59. The van der Waals surface area contributed by atoms with E-state index in [4.69, 9.17) is 16.1 Å². The van der Waals surface area contributed by atoms with Gasteiger partial charge in [0, 0.05) is 23.9 Å². The standard InChI is InChI=1S/C12H17ClN2O2/c1-9-6-10(15-17-9)11(16)14-8-12(7-13)4-2-3-5-12/h6H,2-5,7-8H2,1H3,(H,14,16). The number of hydrogen-bond donors (Lipinski definition) is 1. The van der Waals surface area contributed by atoms with Gasteiger partial charge in [0.25, 0.3) is 5.91 Å². The molecule has 0 spiro atoms. The topological polar surface area (TPSA) is 55.1 Å². The summed E-state index contributed by atoms with van der Waals surface area (Å²) in [6.07, 6.45) is 4.58. The number of amides is 1. The first-order chi connectivity index (χ1) is 8.15. The van der Waals surface area contributed by atoms with Crippen molar-refractivity contribution in [3.63, 3.8) is 0 Å². The number of rotatable bonds is 4. The fourth-order valence-electron chi connectivity index (χ4n) is 2.31. The highest BCUT2D eigenvalue weighted by atomic mass is 35.5. The molecule has 1 N–H and O–H groups in total. The first kappa shape index (κ1) is 12.4. The number of aryl methyl sites for hydroxylation is 1. The van der Waals surface area contributed by atoms with Crippen molar-refractivity contribution >= 4 is 17.5 Å². The Balaban J connectivity index is 1.91. The second kappa shape index (κ2) is 5.08. The monoisotopic (exact) mass is 256 g/mol. The zero-order valence-electron chi connectivity index (χ0n) is 9.96. The molecule has 1 aliphatic carbocycles. The summed E-state index contributed by atoms with van der Waals surface area (Å²) in [7, 11) is 0. The SMILES string of the molecule is Cc1cc(C(=O)NCC2(CCl)CCCC2)no1. The van der Waals surface area contributed by atoms with Gasteiger partial charge in [0.1, 0.15) is 5.76 Å². The molecule has 1 aromatic heterocycles. The Hall–Kier alpha value is -1.03. The Morgan fingerprint density at radius 2 is 2.29 bits per heavy atom. The molecule has 1 heterocycles. The van der Waals surface area contributed by atoms with E-state index in [0.29, 0.717) is 23.9 Å². The number of hydrogen-bond acceptors (Lipinski definition) is 3. The van der Waals surface area contributed by atoms with Crippen molar-refractivity contribution in [2.24, 2.45) is 5.41 Å². The smallest absolute Gasteiger partial charge is 0.273 e. The van der Waals surface area contributed by atoms with Gasteiger partial charge in [-0.3, -0.25) is 4.79 Å². The first-order valence-corrected chi connectivity index (χ1v) is 6.46. The molecule has 0 aliphatic heterocycles. The molecule has 0 aromatic carbocycles. The average molecular weight is 257 g/mol. The van der Waals surface area contributed by atoms with Crippen molar-refractivity contribution in [1.29, 1.82) is 0 Å². The summed E-state index contributed by atoms with van der Waals surface area (Å²) in [6, 6.07) is 1.64. The van der Waals surface area contributed by atoms with Crippen LogP contribution in [-0.4, -0.2) is 23.5 Å². The number of halogens is 1. The third-order valence-electron chi connectivity index (χ3n) is 3.43. The number of nitrogens with one attached hydrogen (secondary N) is 1. The van der Waals surface area contributed by atoms with Gasteiger partial charge in [-0.15, -0.1) is 11.6 Å². The molecular weight excluding hydrogens is 240 g/mol. The zero-order valence-corrected chi connectivity index (χ0v) is 10.7. The highest BCUT2D eigenvalue weighted by Gasteiger charge is 2.33. The van der Waals surface area contributed by atoms with Gasteiger partial charge in [-0.25, -0.2) is 0 Å². The molecule has 1 fully saturated rings. The van der Waals surface area contributed by atoms with Crippen molar-refractivity contribution < 1.29 is 9.32 Å². The van der Waals surface area contributed by atoms with Gasteiger partial charge in [-0.2, -0.15) is 0 Å². The van der Waals surface area contributed by atoms with Gasteiger partial charge >= 0.3 is 0 Å². The maximum atomic E-state index is 11.8. The van der Waals surface area contributed by atoms with Crippen LogP contribution in [-0.2, 0) is 0 Å². The Kier molecular flexibility index (Phi) is 3.72. The predicted molar refractivity (Wildman–Crippen MR) is 65.2 cm³/mol. The summed E-state index contributed by atoms with van der Waals surface area (Å²) in [5.41, 5.74) is 0.418. The molecule has 17 heavy (non-hydrogen) atoms. The van der Waals surface area contributed by atoms with E-state index in [9.17, 15) is 4.79 Å². The highest BCUT2D eigenvalue weighted by molar-refractivity contribution is 6.18. The van der Waals surface area contributed by atoms with E-state index in [0.717, 1.165) is 12.8 Å². The van der Waals surface area contributed by atoms with E-state index in [-0.39, 0.29) is 11.3 Å². The maximum absolute atomic E-state index is 11.8. The molecule has 94 valence electrons. The second-order valence-corrected chi connectivity index (χ2v) is 5.11. The van der Waals surface area contributed by atoms with Crippen molar-refractivity contribution in [2.45, 2.75) is 32.6 Å². The molecular formula is C12H17ClN2O2. The highest BCUT2D eigenvalue weighted by Crippen LogP contribution is 2.38. The van der Waals surface area contributed by atoms with Crippen molar-refractivity contribution in [2.75, 3.05) is 12.4 Å². The fourth-order valence-corrected chi connectivity index (χ4v) is 2.68. The molecule has 1 amide bonds. The quantitative estimate of drug-likeness (QED) is 0.843. The number of aromatic nitrogens is 1. The first-order valence-electron chi connectivity index (χ1n) is 5.93. The summed E-state index contributed by atoms with van der Waals surface area (Å²) in [4.78, 5) is 11.8. The Morgan fingerprint density at radius 3 is 2.82 bits per heavy atom. The summed E-state index contributed by atoms with van der Waals surface area (Å²) >= 11 is 6.01. The lowest BCUT2D eigenvalue weighted by atomic mass is 9.88. The normalized spacial score (nSPS) is 18.2.